The Bertz CT molecular complexity index is 764. The van der Waals surface area contributed by atoms with Gasteiger partial charge in [-0.1, -0.05) is 70.4 Å². The second kappa shape index (κ2) is 12.6. The van der Waals surface area contributed by atoms with Crippen LogP contribution >= 0.6 is 0 Å². The first-order valence-corrected chi connectivity index (χ1v) is 12.6. The average Bonchev–Trinajstić information content (AvgIpc) is 2.69. The number of nitrogens with one attached hydrogen (secondary N) is 1. The van der Waals surface area contributed by atoms with Crippen LogP contribution in [-0.2, 0) is 15.0 Å². The summed E-state index contributed by atoms with van der Waals surface area (Å²) >= 11 is 0. The molecule has 0 radical (unpaired) electrons. The summed E-state index contributed by atoms with van der Waals surface area (Å²) in [6, 6.07) is 8.08. The molecule has 1 aromatic rings. The summed E-state index contributed by atoms with van der Waals surface area (Å²) in [5.74, 6) is 0. The molecule has 1 amide bonds. The predicted molar refractivity (Wildman–Crippen MR) is 140 cm³/mol. The van der Waals surface area contributed by atoms with Crippen LogP contribution in [0.5, 0.6) is 0 Å². The van der Waals surface area contributed by atoms with Gasteiger partial charge in [-0.2, -0.15) is 0 Å². The van der Waals surface area contributed by atoms with Crippen LogP contribution in [0, 0.1) is 5.41 Å². The standard InChI is InChI=1S/C29H49NO3/c1-11-27(5,6)18-13-12-14-19-32-28(7,8)21-23(4)33-26(31)30-29(9,10)25-17-15-16-24(20-25)22(2)3/h15-17,20,23H,2,11-14,18-19,21H2,1,3-10H3,(H,30,31). The Morgan fingerprint density at radius 3 is 2.36 bits per heavy atom. The number of hydrogen-bond donors (Lipinski definition) is 1. The molecule has 33 heavy (non-hydrogen) atoms. The highest BCUT2D eigenvalue weighted by molar-refractivity contribution is 5.69. The average molecular weight is 460 g/mol. The van der Waals surface area contributed by atoms with E-state index in [1.807, 2.05) is 45.9 Å². The molecular formula is C29H49NO3. The highest BCUT2D eigenvalue weighted by atomic mass is 16.6. The predicted octanol–water partition coefficient (Wildman–Crippen LogP) is 8.25. The molecule has 0 aromatic heterocycles. The molecule has 1 unspecified atom stereocenters. The molecule has 0 saturated heterocycles. The third-order valence-electron chi connectivity index (χ3n) is 6.53. The Kier molecular flexibility index (Phi) is 11.2. The number of carbonyl (C=O) groups is 1. The van der Waals surface area contributed by atoms with E-state index in [0.717, 1.165) is 29.7 Å². The summed E-state index contributed by atoms with van der Waals surface area (Å²) < 4.78 is 11.8. The molecule has 4 nitrogen and oxygen atoms in total. The van der Waals surface area contributed by atoms with Crippen molar-refractivity contribution in [1.29, 1.82) is 0 Å². The lowest BCUT2D eigenvalue weighted by molar-refractivity contribution is -0.0501. The quantitative estimate of drug-likeness (QED) is 0.285. The number of amides is 1. The van der Waals surface area contributed by atoms with Crippen molar-refractivity contribution in [3.05, 3.63) is 42.0 Å². The van der Waals surface area contributed by atoms with Gasteiger partial charge in [0.1, 0.15) is 6.10 Å². The minimum absolute atomic E-state index is 0.247. The van der Waals surface area contributed by atoms with Crippen LogP contribution in [-0.4, -0.2) is 24.4 Å². The summed E-state index contributed by atoms with van der Waals surface area (Å²) in [6.07, 6.45) is 5.97. The summed E-state index contributed by atoms with van der Waals surface area (Å²) in [6.45, 7) is 23.7. The lowest BCUT2D eigenvalue weighted by Crippen LogP contribution is -2.43. The number of alkyl carbamates (subject to hydrolysis) is 1. The number of ether oxygens (including phenoxy) is 2. The highest BCUT2D eigenvalue weighted by Crippen LogP contribution is 2.27. The van der Waals surface area contributed by atoms with E-state index in [1.54, 1.807) is 0 Å². The SMILES string of the molecule is C=C(C)c1cccc(C(C)(C)NC(=O)OC(C)CC(C)(C)OCCCCCC(C)(C)CC)c1. The fourth-order valence-electron chi connectivity index (χ4n) is 3.91. The van der Waals surface area contributed by atoms with Gasteiger partial charge in [0.25, 0.3) is 0 Å². The van der Waals surface area contributed by atoms with E-state index in [-0.39, 0.29) is 11.7 Å². The van der Waals surface area contributed by atoms with E-state index < -0.39 is 11.6 Å². The molecule has 1 aromatic carbocycles. The van der Waals surface area contributed by atoms with E-state index in [1.165, 1.54) is 25.7 Å². The summed E-state index contributed by atoms with van der Waals surface area (Å²) in [5.41, 5.74) is 2.62. The molecule has 0 aliphatic carbocycles. The summed E-state index contributed by atoms with van der Waals surface area (Å²) in [5, 5.41) is 3.01. The largest absolute Gasteiger partial charge is 0.446 e. The van der Waals surface area contributed by atoms with E-state index in [0.29, 0.717) is 11.8 Å². The number of allylic oxidation sites excluding steroid dienone is 1. The van der Waals surface area contributed by atoms with E-state index >= 15 is 0 Å². The van der Waals surface area contributed by atoms with Gasteiger partial charge in [-0.05, 0) is 77.0 Å². The molecule has 0 bridgehead atoms. The molecule has 0 aliphatic heterocycles. The molecule has 188 valence electrons. The summed E-state index contributed by atoms with van der Waals surface area (Å²) in [7, 11) is 0. The van der Waals surface area contributed by atoms with Crippen molar-refractivity contribution in [1.82, 2.24) is 5.32 Å². The van der Waals surface area contributed by atoms with Gasteiger partial charge in [0.2, 0.25) is 0 Å². The van der Waals surface area contributed by atoms with Gasteiger partial charge in [0.15, 0.2) is 0 Å². The van der Waals surface area contributed by atoms with Crippen molar-refractivity contribution in [2.75, 3.05) is 6.61 Å². The van der Waals surface area contributed by atoms with Crippen molar-refractivity contribution in [2.45, 2.75) is 118 Å². The molecule has 0 heterocycles. The Labute approximate surface area is 203 Å². The number of rotatable bonds is 14. The minimum Gasteiger partial charge on any atom is -0.446 e. The minimum atomic E-state index is -0.555. The van der Waals surface area contributed by atoms with Gasteiger partial charge >= 0.3 is 6.09 Å². The monoisotopic (exact) mass is 459 g/mol. The summed E-state index contributed by atoms with van der Waals surface area (Å²) in [4.78, 5) is 12.6. The Hall–Kier alpha value is -1.81. The topological polar surface area (TPSA) is 47.6 Å². The molecule has 0 spiro atoms. The van der Waals surface area contributed by atoms with Crippen LogP contribution in [0.1, 0.15) is 112 Å². The lowest BCUT2D eigenvalue weighted by Gasteiger charge is -2.31. The maximum atomic E-state index is 12.6. The first-order chi connectivity index (χ1) is 15.2. The Balaban J connectivity index is 2.45. The van der Waals surface area contributed by atoms with Crippen molar-refractivity contribution in [3.63, 3.8) is 0 Å². The third kappa shape index (κ3) is 11.2. The van der Waals surface area contributed by atoms with Crippen LogP contribution in [0.2, 0.25) is 0 Å². The van der Waals surface area contributed by atoms with E-state index in [2.05, 4.69) is 52.6 Å². The van der Waals surface area contributed by atoms with Crippen molar-refractivity contribution in [2.24, 2.45) is 5.41 Å². The zero-order valence-corrected chi connectivity index (χ0v) is 22.8. The van der Waals surface area contributed by atoms with Crippen LogP contribution < -0.4 is 5.32 Å². The smallest absolute Gasteiger partial charge is 0.408 e. The van der Waals surface area contributed by atoms with Gasteiger partial charge in [0.05, 0.1) is 11.1 Å². The second-order valence-electron chi connectivity index (χ2n) is 11.5. The van der Waals surface area contributed by atoms with Crippen molar-refractivity contribution in [3.8, 4) is 0 Å². The van der Waals surface area contributed by atoms with E-state index in [9.17, 15) is 4.79 Å². The molecule has 1 atom stereocenters. The maximum Gasteiger partial charge on any atom is 0.408 e. The van der Waals surface area contributed by atoms with Crippen LogP contribution in [0.3, 0.4) is 0 Å². The molecule has 1 rings (SSSR count). The first-order valence-electron chi connectivity index (χ1n) is 12.6. The third-order valence-corrected chi connectivity index (χ3v) is 6.53. The van der Waals surface area contributed by atoms with Gasteiger partial charge in [-0.15, -0.1) is 0 Å². The molecule has 1 N–H and O–H groups in total. The molecule has 4 heteroatoms. The van der Waals surface area contributed by atoms with Gasteiger partial charge < -0.3 is 14.8 Å². The van der Waals surface area contributed by atoms with Gasteiger partial charge in [-0.25, -0.2) is 4.79 Å². The van der Waals surface area contributed by atoms with Gasteiger partial charge in [0, 0.05) is 13.0 Å². The number of carbonyl (C=O) groups excluding carboxylic acids is 1. The van der Waals surface area contributed by atoms with Crippen LogP contribution in [0.15, 0.2) is 30.8 Å². The van der Waals surface area contributed by atoms with Crippen LogP contribution in [0.25, 0.3) is 5.57 Å². The molecule has 0 saturated carbocycles. The van der Waals surface area contributed by atoms with Crippen molar-refractivity contribution >= 4 is 11.7 Å². The molecular weight excluding hydrogens is 410 g/mol. The maximum absolute atomic E-state index is 12.6. The number of hydrogen-bond acceptors (Lipinski definition) is 3. The van der Waals surface area contributed by atoms with Crippen LogP contribution in [0.4, 0.5) is 4.79 Å². The van der Waals surface area contributed by atoms with E-state index in [4.69, 9.17) is 9.47 Å². The fourth-order valence-corrected chi connectivity index (χ4v) is 3.91. The Morgan fingerprint density at radius 1 is 1.09 bits per heavy atom. The zero-order chi connectivity index (χ0) is 25.3. The first kappa shape index (κ1) is 29.2. The molecule has 0 aliphatic rings. The lowest BCUT2D eigenvalue weighted by atomic mass is 9.84. The number of benzene rings is 1. The fraction of sp³-hybridized carbons (Fsp3) is 0.690. The highest BCUT2D eigenvalue weighted by Gasteiger charge is 2.27. The molecule has 0 fully saturated rings. The number of unbranched alkanes of at least 4 members (excludes halogenated alkanes) is 2. The second-order valence-corrected chi connectivity index (χ2v) is 11.5. The zero-order valence-electron chi connectivity index (χ0n) is 22.8. The Morgan fingerprint density at radius 2 is 1.76 bits per heavy atom. The van der Waals surface area contributed by atoms with Gasteiger partial charge in [-0.3, -0.25) is 0 Å². The van der Waals surface area contributed by atoms with Crippen molar-refractivity contribution < 1.29 is 14.3 Å². The normalized spacial score (nSPS) is 13.5.